The van der Waals surface area contributed by atoms with Crippen LogP contribution in [0.5, 0.6) is 0 Å². The molecule has 0 aliphatic carbocycles. The average Bonchev–Trinajstić information content (AvgIpc) is 3.03. The fraction of sp³-hybridized carbons (Fsp3) is 0.316. The minimum atomic E-state index is 0.270. The van der Waals surface area contributed by atoms with Crippen LogP contribution in [0, 0.1) is 0 Å². The smallest absolute Gasteiger partial charge is 0.168 e. The van der Waals surface area contributed by atoms with Gasteiger partial charge in [-0.1, -0.05) is 60.7 Å². The van der Waals surface area contributed by atoms with Crippen molar-refractivity contribution in [1.82, 2.24) is 0 Å². The Kier molecular flexibility index (Phi) is 4.46. The summed E-state index contributed by atoms with van der Waals surface area (Å²) < 4.78 is 0. The summed E-state index contributed by atoms with van der Waals surface area (Å²) in [6.07, 6.45) is 1.89. The maximum Gasteiger partial charge on any atom is 0.168 e. The number of hydrogen-bond acceptors (Lipinski definition) is 1. The van der Waals surface area contributed by atoms with Crippen molar-refractivity contribution in [1.29, 1.82) is 0 Å². The lowest BCUT2D eigenvalue weighted by molar-refractivity contribution is -0.887. The van der Waals surface area contributed by atoms with Crippen molar-refractivity contribution in [3.63, 3.8) is 0 Å². The van der Waals surface area contributed by atoms with Crippen molar-refractivity contribution in [2.24, 2.45) is 0 Å². The second-order valence-electron chi connectivity index (χ2n) is 5.89. The molecule has 108 valence electrons. The molecule has 0 spiro atoms. The van der Waals surface area contributed by atoms with E-state index in [1.807, 2.05) is 30.3 Å². The van der Waals surface area contributed by atoms with Crippen LogP contribution in [0.15, 0.2) is 60.7 Å². The van der Waals surface area contributed by atoms with Crippen LogP contribution in [0.25, 0.3) is 0 Å². The molecule has 1 heterocycles. The molecular weight excluding hydrogens is 258 g/mol. The Bertz CT molecular complexity index is 579. The standard InChI is InChI=1S/C19H21NO/c21-19(17-9-5-2-6-10-17)12-14-20-13-11-18(15-20)16-7-3-1-4-8-16/h1-10,18H,11-15H2/p+1/t18-/m1/s1. The monoisotopic (exact) mass is 280 g/mol. The molecule has 0 amide bonds. The molecule has 1 N–H and O–H groups in total. The lowest BCUT2D eigenvalue weighted by Gasteiger charge is -2.13. The van der Waals surface area contributed by atoms with Crippen molar-refractivity contribution in [2.45, 2.75) is 18.8 Å². The molecule has 1 aliphatic rings. The topological polar surface area (TPSA) is 21.5 Å². The first-order valence-electron chi connectivity index (χ1n) is 7.79. The molecule has 2 atom stereocenters. The molecule has 1 saturated heterocycles. The summed E-state index contributed by atoms with van der Waals surface area (Å²) in [6, 6.07) is 20.4. The average molecular weight is 280 g/mol. The summed E-state index contributed by atoms with van der Waals surface area (Å²) >= 11 is 0. The van der Waals surface area contributed by atoms with Crippen LogP contribution in [-0.4, -0.2) is 25.4 Å². The zero-order valence-electron chi connectivity index (χ0n) is 12.3. The Morgan fingerprint density at radius 1 is 1.00 bits per heavy atom. The van der Waals surface area contributed by atoms with Gasteiger partial charge in [-0.15, -0.1) is 0 Å². The molecule has 2 heteroatoms. The Hall–Kier alpha value is -1.93. The fourth-order valence-electron chi connectivity index (χ4n) is 3.23. The number of Topliss-reactive ketones (excluding diaryl/α,β-unsaturated/α-hetero) is 1. The molecule has 1 fully saturated rings. The number of rotatable bonds is 5. The van der Waals surface area contributed by atoms with Gasteiger partial charge in [-0.2, -0.15) is 0 Å². The van der Waals surface area contributed by atoms with E-state index in [4.69, 9.17) is 0 Å². The molecule has 2 aromatic rings. The highest BCUT2D eigenvalue weighted by molar-refractivity contribution is 5.96. The van der Waals surface area contributed by atoms with E-state index >= 15 is 0 Å². The SMILES string of the molecule is O=C(CC[NH+]1CC[C@@H](c2ccccc2)C1)c1ccccc1. The first-order chi connectivity index (χ1) is 10.3. The highest BCUT2D eigenvalue weighted by Crippen LogP contribution is 2.19. The second kappa shape index (κ2) is 6.68. The van der Waals surface area contributed by atoms with Gasteiger partial charge < -0.3 is 4.90 Å². The van der Waals surface area contributed by atoms with Gasteiger partial charge in [0.1, 0.15) is 0 Å². The van der Waals surface area contributed by atoms with Crippen LogP contribution in [0.3, 0.4) is 0 Å². The number of quaternary nitrogens is 1. The number of benzene rings is 2. The minimum Gasteiger partial charge on any atom is -0.334 e. The molecule has 21 heavy (non-hydrogen) atoms. The van der Waals surface area contributed by atoms with Crippen molar-refractivity contribution in [3.05, 3.63) is 71.8 Å². The third kappa shape index (κ3) is 3.59. The van der Waals surface area contributed by atoms with Crippen molar-refractivity contribution < 1.29 is 9.69 Å². The number of ketones is 1. The van der Waals surface area contributed by atoms with E-state index in [-0.39, 0.29) is 5.78 Å². The number of likely N-dealkylation sites (tertiary alicyclic amines) is 1. The Morgan fingerprint density at radius 3 is 2.38 bits per heavy atom. The minimum absolute atomic E-state index is 0.270. The summed E-state index contributed by atoms with van der Waals surface area (Å²) in [4.78, 5) is 13.7. The van der Waals surface area contributed by atoms with Gasteiger partial charge in [-0.3, -0.25) is 4.79 Å². The maximum atomic E-state index is 12.1. The van der Waals surface area contributed by atoms with Gasteiger partial charge in [0.05, 0.1) is 26.1 Å². The fourth-order valence-corrected chi connectivity index (χ4v) is 3.23. The number of hydrogen-bond donors (Lipinski definition) is 1. The van der Waals surface area contributed by atoms with Crippen molar-refractivity contribution in [2.75, 3.05) is 19.6 Å². The van der Waals surface area contributed by atoms with Gasteiger partial charge in [0.15, 0.2) is 5.78 Å². The summed E-state index contributed by atoms with van der Waals surface area (Å²) in [5.74, 6) is 0.930. The highest BCUT2D eigenvalue weighted by atomic mass is 16.1. The molecule has 3 rings (SSSR count). The van der Waals surface area contributed by atoms with Crippen molar-refractivity contribution >= 4 is 5.78 Å². The Balaban J connectivity index is 1.50. The Morgan fingerprint density at radius 2 is 1.67 bits per heavy atom. The lowest BCUT2D eigenvalue weighted by atomic mass is 9.99. The van der Waals surface area contributed by atoms with Gasteiger partial charge in [0, 0.05) is 17.9 Å². The summed E-state index contributed by atoms with van der Waals surface area (Å²) in [7, 11) is 0. The van der Waals surface area contributed by atoms with Crippen LogP contribution in [0.2, 0.25) is 0 Å². The molecule has 0 radical (unpaired) electrons. The van der Waals surface area contributed by atoms with E-state index in [1.54, 1.807) is 4.90 Å². The first-order valence-corrected chi connectivity index (χ1v) is 7.79. The van der Waals surface area contributed by atoms with Crippen LogP contribution in [0.1, 0.15) is 34.7 Å². The van der Waals surface area contributed by atoms with E-state index in [1.165, 1.54) is 18.5 Å². The van der Waals surface area contributed by atoms with Gasteiger partial charge in [-0.25, -0.2) is 0 Å². The van der Waals surface area contributed by atoms with Crippen LogP contribution >= 0.6 is 0 Å². The molecule has 0 bridgehead atoms. The van der Waals surface area contributed by atoms with E-state index < -0.39 is 0 Å². The molecule has 2 nitrogen and oxygen atoms in total. The number of carbonyl (C=O) groups excluding carboxylic acids is 1. The third-order valence-electron chi connectivity index (χ3n) is 4.45. The number of carbonyl (C=O) groups is 1. The number of nitrogens with one attached hydrogen (secondary N) is 1. The Labute approximate surface area is 126 Å². The molecule has 2 aromatic carbocycles. The van der Waals surface area contributed by atoms with Gasteiger partial charge >= 0.3 is 0 Å². The third-order valence-corrected chi connectivity index (χ3v) is 4.45. The summed E-state index contributed by atoms with van der Waals surface area (Å²) in [5, 5.41) is 0. The van der Waals surface area contributed by atoms with E-state index in [0.717, 1.165) is 18.7 Å². The molecular formula is C19H22NO+. The zero-order valence-corrected chi connectivity index (χ0v) is 12.3. The largest absolute Gasteiger partial charge is 0.334 e. The summed E-state index contributed by atoms with van der Waals surface area (Å²) in [6.45, 7) is 3.30. The van der Waals surface area contributed by atoms with Gasteiger partial charge in [0.25, 0.3) is 0 Å². The van der Waals surface area contributed by atoms with E-state index in [2.05, 4.69) is 30.3 Å². The molecule has 0 aromatic heterocycles. The zero-order chi connectivity index (χ0) is 14.5. The molecule has 0 saturated carbocycles. The van der Waals surface area contributed by atoms with Gasteiger partial charge in [-0.05, 0) is 5.56 Å². The highest BCUT2D eigenvalue weighted by Gasteiger charge is 2.27. The quantitative estimate of drug-likeness (QED) is 0.834. The first kappa shape index (κ1) is 14.0. The predicted molar refractivity (Wildman–Crippen MR) is 84.8 cm³/mol. The van der Waals surface area contributed by atoms with E-state index in [9.17, 15) is 4.79 Å². The van der Waals surface area contributed by atoms with Crippen LogP contribution in [-0.2, 0) is 0 Å². The van der Waals surface area contributed by atoms with E-state index in [0.29, 0.717) is 12.3 Å². The van der Waals surface area contributed by atoms with Crippen LogP contribution < -0.4 is 4.90 Å². The lowest BCUT2D eigenvalue weighted by Crippen LogP contribution is -3.10. The van der Waals surface area contributed by atoms with Gasteiger partial charge in [0.2, 0.25) is 0 Å². The molecule has 1 aliphatic heterocycles. The predicted octanol–water partition coefficient (Wildman–Crippen LogP) is 2.33. The van der Waals surface area contributed by atoms with Crippen LogP contribution in [0.4, 0.5) is 0 Å². The van der Waals surface area contributed by atoms with Crippen molar-refractivity contribution in [3.8, 4) is 0 Å². The summed E-state index contributed by atoms with van der Waals surface area (Å²) in [5.41, 5.74) is 2.29. The molecule has 1 unspecified atom stereocenters. The second-order valence-corrected chi connectivity index (χ2v) is 5.89. The maximum absolute atomic E-state index is 12.1. The normalized spacial score (nSPS) is 21.3.